The minimum atomic E-state index is 0.170. The average molecular weight is 423 g/mol. The molecule has 0 aromatic heterocycles. The summed E-state index contributed by atoms with van der Waals surface area (Å²) < 4.78 is 2.01. The van der Waals surface area contributed by atoms with Gasteiger partial charge in [-0.1, -0.05) is 58.5 Å². The molecule has 3 rings (SSSR count). The van der Waals surface area contributed by atoms with Gasteiger partial charge in [-0.25, -0.2) is 0 Å². The van der Waals surface area contributed by atoms with Gasteiger partial charge in [0.15, 0.2) is 0 Å². The predicted molar refractivity (Wildman–Crippen MR) is 104 cm³/mol. The SMILES string of the molecule is Cc1ccc([C@H]2C[C@@H]3CC[C@H]([C@H]2C(=O)CC/C=C/I)N3C)cc1. The number of nitrogens with zero attached hydrogens (tertiary/aromatic N) is 1. The standard InChI is InChI=1S/C20H26INO/c1-14-6-8-15(9-7-14)17-13-16-10-11-18(22(16)2)20(17)19(23)5-3-4-12-21/h4,6-9,12,16-18,20H,3,5,10-11,13H2,1-2H3/b12-4+/t16-,17+,18+,20-/m0/s1. The molecule has 0 unspecified atom stereocenters. The lowest BCUT2D eigenvalue weighted by atomic mass is 9.73. The Balaban J connectivity index is 1.86. The molecule has 0 aliphatic carbocycles. The van der Waals surface area contributed by atoms with Crippen LogP contribution >= 0.6 is 22.6 Å². The van der Waals surface area contributed by atoms with Crippen molar-refractivity contribution in [3.63, 3.8) is 0 Å². The van der Waals surface area contributed by atoms with E-state index in [1.807, 2.05) is 4.08 Å². The summed E-state index contributed by atoms with van der Waals surface area (Å²) in [7, 11) is 2.22. The number of aryl methyl sites for hydroxylation is 1. The number of benzene rings is 1. The van der Waals surface area contributed by atoms with E-state index in [1.54, 1.807) is 0 Å². The van der Waals surface area contributed by atoms with Gasteiger partial charge >= 0.3 is 0 Å². The summed E-state index contributed by atoms with van der Waals surface area (Å²) in [5, 5.41) is 0. The third kappa shape index (κ3) is 3.55. The molecule has 2 fully saturated rings. The minimum Gasteiger partial charge on any atom is -0.300 e. The quantitative estimate of drug-likeness (QED) is 0.631. The molecule has 4 atom stereocenters. The second-order valence-electron chi connectivity index (χ2n) is 7.11. The van der Waals surface area contributed by atoms with Crippen LogP contribution in [-0.4, -0.2) is 29.8 Å². The van der Waals surface area contributed by atoms with Crippen molar-refractivity contribution < 1.29 is 4.79 Å². The number of fused-ring (bicyclic) bond motifs is 2. The van der Waals surface area contributed by atoms with Crippen LogP contribution in [0.15, 0.2) is 34.4 Å². The van der Waals surface area contributed by atoms with E-state index in [4.69, 9.17) is 0 Å². The highest BCUT2D eigenvalue weighted by Crippen LogP contribution is 2.47. The van der Waals surface area contributed by atoms with Crippen LogP contribution in [0.4, 0.5) is 0 Å². The maximum Gasteiger partial charge on any atom is 0.138 e. The van der Waals surface area contributed by atoms with Crippen LogP contribution in [0, 0.1) is 12.8 Å². The number of allylic oxidation sites excluding steroid dienone is 1. The first-order valence-corrected chi connectivity index (χ1v) is 9.93. The number of halogens is 1. The van der Waals surface area contributed by atoms with Crippen molar-refractivity contribution in [3.8, 4) is 0 Å². The minimum absolute atomic E-state index is 0.170. The Morgan fingerprint density at radius 2 is 2.04 bits per heavy atom. The van der Waals surface area contributed by atoms with E-state index in [9.17, 15) is 4.79 Å². The molecule has 0 spiro atoms. The molecule has 23 heavy (non-hydrogen) atoms. The normalized spacial score (nSPS) is 30.9. The molecule has 0 saturated carbocycles. The highest BCUT2D eigenvalue weighted by molar-refractivity contribution is 14.1. The van der Waals surface area contributed by atoms with Gasteiger partial charge in [-0.15, -0.1) is 0 Å². The number of hydrogen-bond donors (Lipinski definition) is 0. The van der Waals surface area contributed by atoms with Crippen molar-refractivity contribution >= 4 is 28.4 Å². The van der Waals surface area contributed by atoms with Gasteiger partial charge in [-0.05, 0) is 55.2 Å². The Morgan fingerprint density at radius 3 is 2.74 bits per heavy atom. The zero-order valence-corrected chi connectivity index (χ0v) is 16.2. The summed E-state index contributed by atoms with van der Waals surface area (Å²) in [6.07, 6.45) is 7.22. The lowest BCUT2D eigenvalue weighted by Gasteiger charge is -2.42. The summed E-state index contributed by atoms with van der Waals surface area (Å²) in [5.41, 5.74) is 2.66. The molecule has 2 heterocycles. The lowest BCUT2D eigenvalue weighted by Crippen LogP contribution is -2.48. The van der Waals surface area contributed by atoms with E-state index in [0.717, 1.165) is 12.8 Å². The first kappa shape index (κ1) is 17.2. The summed E-state index contributed by atoms with van der Waals surface area (Å²) in [6, 6.07) is 9.97. The molecule has 0 radical (unpaired) electrons. The third-order valence-corrected chi connectivity index (χ3v) is 6.30. The largest absolute Gasteiger partial charge is 0.300 e. The van der Waals surface area contributed by atoms with Crippen LogP contribution in [0.2, 0.25) is 0 Å². The molecule has 0 N–H and O–H groups in total. The van der Waals surface area contributed by atoms with Crippen LogP contribution < -0.4 is 0 Å². The number of hydrogen-bond acceptors (Lipinski definition) is 2. The van der Waals surface area contributed by atoms with Gasteiger partial charge in [-0.2, -0.15) is 0 Å². The Morgan fingerprint density at radius 1 is 1.30 bits per heavy atom. The van der Waals surface area contributed by atoms with Crippen molar-refractivity contribution in [2.45, 2.75) is 57.0 Å². The van der Waals surface area contributed by atoms with Gasteiger partial charge in [0.2, 0.25) is 0 Å². The second-order valence-corrected chi connectivity index (χ2v) is 7.83. The van der Waals surface area contributed by atoms with Crippen molar-refractivity contribution in [3.05, 3.63) is 45.6 Å². The summed E-state index contributed by atoms with van der Waals surface area (Å²) in [6.45, 7) is 2.13. The zero-order valence-electron chi connectivity index (χ0n) is 14.0. The average Bonchev–Trinajstić information content (AvgIpc) is 2.78. The molecule has 2 saturated heterocycles. The molecule has 2 bridgehead atoms. The van der Waals surface area contributed by atoms with Crippen LogP contribution in [0.1, 0.15) is 49.1 Å². The number of carbonyl (C=O) groups is 1. The second kappa shape index (κ2) is 7.47. The van der Waals surface area contributed by atoms with Crippen LogP contribution in [-0.2, 0) is 4.79 Å². The first-order chi connectivity index (χ1) is 11.1. The Hall–Kier alpha value is -0.680. The molecule has 2 aliphatic rings. The fraction of sp³-hybridized carbons (Fsp3) is 0.550. The zero-order chi connectivity index (χ0) is 16.4. The van der Waals surface area contributed by atoms with Crippen molar-refractivity contribution in [2.24, 2.45) is 5.92 Å². The van der Waals surface area contributed by atoms with Crippen molar-refractivity contribution in [1.82, 2.24) is 4.90 Å². The number of Topliss-reactive ketones (excluding diaryl/α,β-unsaturated/α-hetero) is 1. The summed E-state index contributed by atoms with van der Waals surface area (Å²) in [4.78, 5) is 15.5. The maximum absolute atomic E-state index is 13.0. The monoisotopic (exact) mass is 423 g/mol. The fourth-order valence-corrected chi connectivity index (χ4v) is 4.88. The molecule has 124 valence electrons. The van der Waals surface area contributed by atoms with Gasteiger partial charge in [0.1, 0.15) is 5.78 Å². The van der Waals surface area contributed by atoms with Gasteiger partial charge in [0.25, 0.3) is 0 Å². The van der Waals surface area contributed by atoms with Gasteiger partial charge < -0.3 is 0 Å². The third-order valence-electron chi connectivity index (χ3n) is 5.79. The van der Waals surface area contributed by atoms with E-state index >= 15 is 0 Å². The molecule has 1 aromatic carbocycles. The molecule has 1 aromatic rings. The summed E-state index contributed by atoms with van der Waals surface area (Å²) in [5.74, 6) is 1.03. The molecular formula is C20H26INO. The van der Waals surface area contributed by atoms with Crippen LogP contribution in [0.25, 0.3) is 0 Å². The number of rotatable bonds is 5. The Bertz CT molecular complexity index is 580. The molecular weight excluding hydrogens is 397 g/mol. The topological polar surface area (TPSA) is 20.3 Å². The Labute approximate surface area is 153 Å². The number of piperidine rings is 1. The lowest BCUT2D eigenvalue weighted by molar-refractivity contribution is -0.127. The number of ketones is 1. The van der Waals surface area contributed by atoms with E-state index in [0.29, 0.717) is 30.2 Å². The van der Waals surface area contributed by atoms with Gasteiger partial charge in [0, 0.05) is 24.4 Å². The van der Waals surface area contributed by atoms with Crippen molar-refractivity contribution in [2.75, 3.05) is 7.05 Å². The molecule has 2 aliphatic heterocycles. The molecule has 3 heteroatoms. The van der Waals surface area contributed by atoms with Gasteiger partial charge in [-0.3, -0.25) is 9.69 Å². The van der Waals surface area contributed by atoms with Crippen LogP contribution in [0.3, 0.4) is 0 Å². The maximum atomic E-state index is 13.0. The van der Waals surface area contributed by atoms with Crippen LogP contribution in [0.5, 0.6) is 0 Å². The Kier molecular flexibility index (Phi) is 5.57. The van der Waals surface area contributed by atoms with Crippen molar-refractivity contribution in [1.29, 1.82) is 0 Å². The van der Waals surface area contributed by atoms with E-state index in [2.05, 4.69) is 71.8 Å². The van der Waals surface area contributed by atoms with E-state index < -0.39 is 0 Å². The smallest absolute Gasteiger partial charge is 0.138 e. The van der Waals surface area contributed by atoms with E-state index in [1.165, 1.54) is 24.0 Å². The molecule has 0 amide bonds. The first-order valence-electron chi connectivity index (χ1n) is 8.68. The van der Waals surface area contributed by atoms with Gasteiger partial charge in [0.05, 0.1) is 0 Å². The fourth-order valence-electron chi connectivity index (χ4n) is 4.52. The highest BCUT2D eigenvalue weighted by Gasteiger charge is 2.48. The summed E-state index contributed by atoms with van der Waals surface area (Å²) >= 11 is 2.23. The highest BCUT2D eigenvalue weighted by atomic mass is 127. The molecule has 2 nitrogen and oxygen atoms in total. The predicted octanol–water partition coefficient (Wildman–Crippen LogP) is 4.86. The number of carbonyl (C=O) groups excluding carboxylic acids is 1. The van der Waals surface area contributed by atoms with E-state index in [-0.39, 0.29) is 5.92 Å².